The monoisotopic (exact) mass is 395 g/mol. The smallest absolute Gasteiger partial charge is 0.317 e. The molecule has 0 saturated carbocycles. The molecule has 0 radical (unpaired) electrons. The molecule has 1 atom stereocenters. The Kier molecular flexibility index (Phi) is 7.60. The van der Waals surface area contributed by atoms with Crippen LogP contribution in [0, 0.1) is 11.6 Å². The van der Waals surface area contributed by atoms with Gasteiger partial charge in [0.2, 0.25) is 0 Å². The number of esters is 1. The van der Waals surface area contributed by atoms with Gasteiger partial charge in [0.15, 0.2) is 6.10 Å². The second-order valence-electron chi connectivity index (χ2n) is 5.44. The molecule has 2 aromatic carbocycles. The van der Waals surface area contributed by atoms with Crippen LogP contribution in [0.15, 0.2) is 47.4 Å². The molecule has 0 unspecified atom stereocenters. The zero-order valence-corrected chi connectivity index (χ0v) is 15.6. The first-order chi connectivity index (χ1) is 12.9. The van der Waals surface area contributed by atoms with E-state index in [2.05, 4.69) is 5.32 Å². The normalized spacial score (nSPS) is 11.6. The van der Waals surface area contributed by atoms with Crippen LogP contribution in [0.3, 0.4) is 0 Å². The van der Waals surface area contributed by atoms with E-state index in [-0.39, 0.29) is 10.6 Å². The first kappa shape index (κ1) is 20.7. The Morgan fingerprint density at radius 3 is 2.52 bits per heavy atom. The SMILES string of the molecule is CCOc1ccc(NC(=O)[C@H](C)OC(=O)CSc2cc(F)ccc2F)cc1. The first-order valence-electron chi connectivity index (χ1n) is 8.20. The Morgan fingerprint density at radius 2 is 1.85 bits per heavy atom. The highest BCUT2D eigenvalue weighted by molar-refractivity contribution is 8.00. The van der Waals surface area contributed by atoms with Crippen LogP contribution in [0.1, 0.15) is 13.8 Å². The predicted octanol–water partition coefficient (Wildman–Crippen LogP) is 4.03. The zero-order valence-electron chi connectivity index (χ0n) is 14.8. The molecule has 8 heteroatoms. The molecule has 0 saturated heterocycles. The summed E-state index contributed by atoms with van der Waals surface area (Å²) in [6.07, 6.45) is -1.04. The molecule has 0 bridgehead atoms. The van der Waals surface area contributed by atoms with Gasteiger partial charge in [-0.25, -0.2) is 8.78 Å². The van der Waals surface area contributed by atoms with Crippen LogP contribution in [0.4, 0.5) is 14.5 Å². The van der Waals surface area contributed by atoms with Crippen molar-refractivity contribution in [1.29, 1.82) is 0 Å². The molecule has 1 amide bonds. The molecular weight excluding hydrogens is 376 g/mol. The van der Waals surface area contributed by atoms with Crippen molar-refractivity contribution in [3.8, 4) is 5.75 Å². The summed E-state index contributed by atoms with van der Waals surface area (Å²) in [5.41, 5.74) is 0.530. The molecule has 0 aliphatic rings. The maximum Gasteiger partial charge on any atom is 0.317 e. The second-order valence-corrected chi connectivity index (χ2v) is 6.46. The summed E-state index contributed by atoms with van der Waals surface area (Å²) in [5, 5.41) is 2.62. The summed E-state index contributed by atoms with van der Waals surface area (Å²) in [5.74, 6) is -2.02. The molecular formula is C19H19F2NO4S. The summed E-state index contributed by atoms with van der Waals surface area (Å²) >= 11 is 0.798. The van der Waals surface area contributed by atoms with Crippen molar-refractivity contribution in [3.05, 3.63) is 54.1 Å². The maximum atomic E-state index is 13.5. The van der Waals surface area contributed by atoms with Gasteiger partial charge >= 0.3 is 5.97 Å². The van der Waals surface area contributed by atoms with Gasteiger partial charge in [0.1, 0.15) is 17.4 Å². The van der Waals surface area contributed by atoms with Gasteiger partial charge in [-0.15, -0.1) is 11.8 Å². The Balaban J connectivity index is 1.82. The minimum absolute atomic E-state index is 0.00144. The van der Waals surface area contributed by atoms with Crippen molar-refractivity contribution >= 4 is 29.3 Å². The number of ether oxygens (including phenoxy) is 2. The van der Waals surface area contributed by atoms with Crippen LogP contribution >= 0.6 is 11.8 Å². The Labute approximate surface area is 160 Å². The summed E-state index contributed by atoms with van der Waals surface area (Å²) in [6, 6.07) is 9.72. The fourth-order valence-corrected chi connectivity index (χ4v) is 2.80. The summed E-state index contributed by atoms with van der Waals surface area (Å²) < 4.78 is 37.0. The molecule has 144 valence electrons. The van der Waals surface area contributed by atoms with Crippen molar-refractivity contribution in [3.63, 3.8) is 0 Å². The quantitative estimate of drug-likeness (QED) is 0.540. The largest absolute Gasteiger partial charge is 0.494 e. The first-order valence-corrected chi connectivity index (χ1v) is 9.18. The van der Waals surface area contributed by atoms with E-state index in [1.54, 1.807) is 24.3 Å². The van der Waals surface area contributed by atoms with Crippen LogP contribution in [-0.2, 0) is 14.3 Å². The van der Waals surface area contributed by atoms with Crippen LogP contribution < -0.4 is 10.1 Å². The van der Waals surface area contributed by atoms with Gasteiger partial charge in [0.25, 0.3) is 5.91 Å². The number of halogens is 2. The lowest BCUT2D eigenvalue weighted by Crippen LogP contribution is -2.30. The number of anilines is 1. The van der Waals surface area contributed by atoms with Crippen LogP contribution in [0.25, 0.3) is 0 Å². The topological polar surface area (TPSA) is 64.6 Å². The molecule has 0 aliphatic heterocycles. The van der Waals surface area contributed by atoms with E-state index in [0.29, 0.717) is 18.0 Å². The zero-order chi connectivity index (χ0) is 19.8. The third-order valence-electron chi connectivity index (χ3n) is 3.35. The highest BCUT2D eigenvalue weighted by atomic mass is 32.2. The Morgan fingerprint density at radius 1 is 1.15 bits per heavy atom. The molecule has 0 spiro atoms. The Hall–Kier alpha value is -2.61. The number of amides is 1. The van der Waals surface area contributed by atoms with E-state index in [9.17, 15) is 18.4 Å². The van der Waals surface area contributed by atoms with E-state index >= 15 is 0 Å². The number of carbonyl (C=O) groups is 2. The van der Waals surface area contributed by atoms with Gasteiger partial charge in [-0.05, 0) is 56.3 Å². The molecule has 0 heterocycles. The van der Waals surface area contributed by atoms with Crippen molar-refractivity contribution in [2.24, 2.45) is 0 Å². The fourth-order valence-electron chi connectivity index (χ4n) is 2.05. The van der Waals surface area contributed by atoms with E-state index in [1.165, 1.54) is 6.92 Å². The van der Waals surface area contributed by atoms with E-state index in [4.69, 9.17) is 9.47 Å². The lowest BCUT2D eigenvalue weighted by atomic mass is 10.3. The fraction of sp³-hybridized carbons (Fsp3) is 0.263. The van der Waals surface area contributed by atoms with Crippen molar-refractivity contribution < 1.29 is 27.8 Å². The molecule has 1 N–H and O–H groups in total. The summed E-state index contributed by atoms with van der Waals surface area (Å²) in [6.45, 7) is 3.83. The Bertz CT molecular complexity index is 799. The molecule has 0 aliphatic carbocycles. The van der Waals surface area contributed by atoms with Gasteiger partial charge in [-0.2, -0.15) is 0 Å². The van der Waals surface area contributed by atoms with Crippen molar-refractivity contribution in [2.45, 2.75) is 24.8 Å². The van der Waals surface area contributed by atoms with Gasteiger partial charge in [0.05, 0.1) is 12.4 Å². The summed E-state index contributed by atoms with van der Waals surface area (Å²) in [7, 11) is 0. The molecule has 27 heavy (non-hydrogen) atoms. The maximum absolute atomic E-state index is 13.5. The van der Waals surface area contributed by atoms with Gasteiger partial charge in [0, 0.05) is 10.6 Å². The third kappa shape index (κ3) is 6.56. The molecule has 2 aromatic rings. The number of benzene rings is 2. The standard InChI is InChI=1S/C19H19F2NO4S/c1-3-25-15-7-5-14(6-8-15)22-19(24)12(2)26-18(23)11-27-17-10-13(20)4-9-16(17)21/h4-10,12H,3,11H2,1-2H3,(H,22,24)/t12-/m0/s1. The molecule has 0 aromatic heterocycles. The number of thioether (sulfide) groups is 1. The van der Waals surface area contributed by atoms with Crippen molar-refractivity contribution in [1.82, 2.24) is 0 Å². The van der Waals surface area contributed by atoms with Gasteiger partial charge < -0.3 is 14.8 Å². The van der Waals surface area contributed by atoms with Gasteiger partial charge in [-0.1, -0.05) is 0 Å². The number of rotatable bonds is 8. The van der Waals surface area contributed by atoms with Crippen LogP contribution in [-0.4, -0.2) is 30.3 Å². The lowest BCUT2D eigenvalue weighted by molar-refractivity contribution is -0.150. The number of nitrogens with one attached hydrogen (secondary N) is 1. The minimum Gasteiger partial charge on any atom is -0.494 e. The highest BCUT2D eigenvalue weighted by Crippen LogP contribution is 2.23. The highest BCUT2D eigenvalue weighted by Gasteiger charge is 2.18. The van der Waals surface area contributed by atoms with Crippen LogP contribution in [0.2, 0.25) is 0 Å². The molecule has 0 fully saturated rings. The molecule has 2 rings (SSSR count). The number of carbonyl (C=O) groups excluding carboxylic acids is 2. The number of hydrogen-bond acceptors (Lipinski definition) is 5. The second kappa shape index (κ2) is 9.91. The van der Waals surface area contributed by atoms with E-state index < -0.39 is 29.6 Å². The van der Waals surface area contributed by atoms with E-state index in [0.717, 1.165) is 30.0 Å². The lowest BCUT2D eigenvalue weighted by Gasteiger charge is -2.14. The average Bonchev–Trinajstić information content (AvgIpc) is 2.64. The van der Waals surface area contributed by atoms with Crippen LogP contribution in [0.5, 0.6) is 5.75 Å². The predicted molar refractivity (Wildman–Crippen MR) is 98.9 cm³/mol. The third-order valence-corrected chi connectivity index (χ3v) is 4.35. The van der Waals surface area contributed by atoms with Gasteiger partial charge in [-0.3, -0.25) is 9.59 Å². The summed E-state index contributed by atoms with van der Waals surface area (Å²) in [4.78, 5) is 23.9. The van der Waals surface area contributed by atoms with Crippen molar-refractivity contribution in [2.75, 3.05) is 17.7 Å². The molecule has 5 nitrogen and oxygen atoms in total. The average molecular weight is 395 g/mol. The van der Waals surface area contributed by atoms with E-state index in [1.807, 2.05) is 6.92 Å². The minimum atomic E-state index is -1.04. The number of hydrogen-bond donors (Lipinski definition) is 1.